The molecule has 2 nitrogen and oxygen atoms in total. The van der Waals surface area contributed by atoms with Crippen molar-refractivity contribution < 1.29 is 0 Å². The summed E-state index contributed by atoms with van der Waals surface area (Å²) in [5, 5.41) is 0. The maximum atomic E-state index is 5.12. The fourth-order valence-corrected chi connectivity index (χ4v) is 0.503. The molecule has 8 heavy (non-hydrogen) atoms. The van der Waals surface area contributed by atoms with Crippen molar-refractivity contribution in [2.75, 3.05) is 6.54 Å². The van der Waals surface area contributed by atoms with Crippen LogP contribution in [0.4, 0.5) is 0 Å². The van der Waals surface area contributed by atoms with E-state index in [1.165, 1.54) is 0 Å². The zero-order valence-electron chi connectivity index (χ0n) is 5.37. The normalized spacial score (nSPS) is 10.5. The molecule has 0 amide bonds. The lowest BCUT2D eigenvalue weighted by molar-refractivity contribution is 0.531. The van der Waals surface area contributed by atoms with Crippen LogP contribution in [0.15, 0.2) is 0 Å². The lowest BCUT2D eigenvalue weighted by Gasteiger charge is -2.02. The zero-order chi connectivity index (χ0) is 6.41. The van der Waals surface area contributed by atoms with Crippen LogP contribution in [-0.2, 0) is 0 Å². The Hall–Kier alpha value is 0.210. The van der Waals surface area contributed by atoms with Gasteiger partial charge in [0.15, 0.2) is 0 Å². The predicted molar refractivity (Wildman–Crippen MR) is 36.4 cm³/mol. The summed E-state index contributed by atoms with van der Waals surface area (Å²) in [5.74, 6) is 0.743. The van der Waals surface area contributed by atoms with E-state index >= 15 is 0 Å². The van der Waals surface area contributed by atoms with E-state index in [1.807, 2.05) is 0 Å². The Bertz CT molecular complexity index is 47.7. The first-order chi connectivity index (χ1) is 3.77. The van der Waals surface area contributed by atoms with Crippen LogP contribution in [0.25, 0.3) is 0 Å². The summed E-state index contributed by atoms with van der Waals surface area (Å²) in [6, 6.07) is 0. The molecule has 0 atom stereocenters. The third-order valence-electron chi connectivity index (χ3n) is 0.914. The summed E-state index contributed by atoms with van der Waals surface area (Å²) in [5.41, 5.74) is 2.80. The Kier molecular flexibility index (Phi) is 5.49. The first-order valence-corrected chi connectivity index (χ1v) is 3.23. The van der Waals surface area contributed by atoms with Gasteiger partial charge in [-0.2, -0.15) is 4.94 Å². The third-order valence-corrected chi connectivity index (χ3v) is 1.05. The van der Waals surface area contributed by atoms with Gasteiger partial charge in [-0.1, -0.05) is 13.8 Å². The minimum Gasteiger partial charge on any atom is -0.244 e. The molecule has 0 spiro atoms. The molecule has 2 N–H and O–H groups in total. The van der Waals surface area contributed by atoms with Crippen molar-refractivity contribution in [3.63, 3.8) is 0 Å². The van der Waals surface area contributed by atoms with Crippen LogP contribution in [-0.4, -0.2) is 6.54 Å². The Morgan fingerprint density at radius 1 is 1.50 bits per heavy atom. The van der Waals surface area contributed by atoms with E-state index in [0.717, 1.165) is 18.9 Å². The highest BCUT2D eigenvalue weighted by atomic mass is 35.5. The molecule has 0 saturated carbocycles. The molecule has 0 fully saturated rings. The molecule has 0 aliphatic rings. The standard InChI is InChI=1S/C5H13ClN2/c1-5(2)3-4-7-8-6/h5,7-8H,3-4H2,1-2H3. The van der Waals surface area contributed by atoms with Gasteiger partial charge in [0.1, 0.15) is 0 Å². The van der Waals surface area contributed by atoms with Crippen molar-refractivity contribution in [1.82, 2.24) is 10.4 Å². The number of rotatable bonds is 4. The SMILES string of the molecule is CC(C)CCNNCl. The molecule has 0 bridgehead atoms. The summed E-state index contributed by atoms with van der Waals surface area (Å²) in [4.78, 5) is 2.35. The van der Waals surface area contributed by atoms with Crippen LogP contribution in [0.5, 0.6) is 0 Å². The number of hydrogen-bond donors (Lipinski definition) is 2. The summed E-state index contributed by atoms with van der Waals surface area (Å²) in [6.45, 7) is 5.28. The van der Waals surface area contributed by atoms with Crippen molar-refractivity contribution in [3.05, 3.63) is 0 Å². The van der Waals surface area contributed by atoms with Gasteiger partial charge in [0.05, 0.1) is 0 Å². The van der Waals surface area contributed by atoms with Crippen LogP contribution < -0.4 is 10.4 Å². The topological polar surface area (TPSA) is 24.1 Å². The van der Waals surface area contributed by atoms with Crippen LogP contribution in [0.2, 0.25) is 0 Å². The number of nitrogens with one attached hydrogen (secondary N) is 2. The molecular formula is C5H13ClN2. The van der Waals surface area contributed by atoms with Gasteiger partial charge < -0.3 is 0 Å². The van der Waals surface area contributed by atoms with Gasteiger partial charge in [-0.05, 0) is 24.1 Å². The van der Waals surface area contributed by atoms with Crippen LogP contribution in [0, 0.1) is 5.92 Å². The van der Waals surface area contributed by atoms with Crippen LogP contribution in [0.1, 0.15) is 20.3 Å². The first-order valence-electron chi connectivity index (χ1n) is 2.86. The summed E-state index contributed by atoms with van der Waals surface area (Å²) in [7, 11) is 0. The van der Waals surface area contributed by atoms with Crippen molar-refractivity contribution in [2.45, 2.75) is 20.3 Å². The molecule has 3 heteroatoms. The van der Waals surface area contributed by atoms with Gasteiger partial charge in [-0.25, -0.2) is 5.43 Å². The Morgan fingerprint density at radius 2 is 2.12 bits per heavy atom. The second-order valence-corrected chi connectivity index (χ2v) is 2.39. The number of hydrazine groups is 1. The lowest BCUT2D eigenvalue weighted by Crippen LogP contribution is -2.24. The number of hydrogen-bond acceptors (Lipinski definition) is 2. The highest BCUT2D eigenvalue weighted by Gasteiger charge is 1.89. The van der Waals surface area contributed by atoms with Gasteiger partial charge in [0, 0.05) is 6.54 Å². The predicted octanol–water partition coefficient (Wildman–Crippen LogP) is 1.28. The maximum absolute atomic E-state index is 5.12. The molecule has 0 heterocycles. The van der Waals surface area contributed by atoms with E-state index in [2.05, 4.69) is 24.2 Å². The summed E-state index contributed by atoms with van der Waals surface area (Å²) >= 11 is 5.12. The number of halogens is 1. The Balaban J connectivity index is 2.72. The van der Waals surface area contributed by atoms with Crippen LogP contribution in [0.3, 0.4) is 0 Å². The van der Waals surface area contributed by atoms with Gasteiger partial charge in [0.25, 0.3) is 0 Å². The smallest absolute Gasteiger partial charge is 0.0115 e. The van der Waals surface area contributed by atoms with Gasteiger partial charge in [-0.15, -0.1) is 0 Å². The Morgan fingerprint density at radius 3 is 2.50 bits per heavy atom. The van der Waals surface area contributed by atoms with Crippen molar-refractivity contribution in [1.29, 1.82) is 0 Å². The highest BCUT2D eigenvalue weighted by Crippen LogP contribution is 1.95. The summed E-state index contributed by atoms with van der Waals surface area (Å²) in [6.07, 6.45) is 1.15. The molecule has 0 aromatic rings. The quantitative estimate of drug-likeness (QED) is 0.346. The van der Waals surface area contributed by atoms with Crippen molar-refractivity contribution in [3.8, 4) is 0 Å². The third kappa shape index (κ3) is 6.21. The average molecular weight is 137 g/mol. The minimum atomic E-state index is 0.743. The molecule has 0 rings (SSSR count). The van der Waals surface area contributed by atoms with E-state index in [0.29, 0.717) is 0 Å². The molecule has 0 saturated heterocycles. The largest absolute Gasteiger partial charge is 0.244 e. The monoisotopic (exact) mass is 136 g/mol. The van der Waals surface area contributed by atoms with Crippen molar-refractivity contribution in [2.24, 2.45) is 5.92 Å². The van der Waals surface area contributed by atoms with Gasteiger partial charge in [-0.3, -0.25) is 0 Å². The Labute approximate surface area is 55.7 Å². The lowest BCUT2D eigenvalue weighted by atomic mass is 10.1. The second kappa shape index (κ2) is 5.35. The van der Waals surface area contributed by atoms with E-state index < -0.39 is 0 Å². The maximum Gasteiger partial charge on any atom is 0.0115 e. The van der Waals surface area contributed by atoms with Crippen molar-refractivity contribution >= 4 is 11.8 Å². The molecule has 0 aliphatic heterocycles. The molecular weight excluding hydrogens is 124 g/mol. The van der Waals surface area contributed by atoms with Gasteiger partial charge >= 0.3 is 0 Å². The second-order valence-electron chi connectivity index (χ2n) is 2.20. The fraction of sp³-hybridized carbons (Fsp3) is 1.00. The first kappa shape index (κ1) is 8.21. The molecule has 0 unspecified atom stereocenters. The van der Waals surface area contributed by atoms with E-state index in [9.17, 15) is 0 Å². The van der Waals surface area contributed by atoms with Gasteiger partial charge in [0.2, 0.25) is 0 Å². The fourth-order valence-electron chi connectivity index (χ4n) is 0.408. The highest BCUT2D eigenvalue weighted by molar-refractivity contribution is 6.13. The molecule has 0 radical (unpaired) electrons. The zero-order valence-corrected chi connectivity index (χ0v) is 6.13. The molecule has 0 aromatic carbocycles. The van der Waals surface area contributed by atoms with E-state index in [1.54, 1.807) is 0 Å². The van der Waals surface area contributed by atoms with E-state index in [4.69, 9.17) is 11.8 Å². The molecule has 50 valence electrons. The minimum absolute atomic E-state index is 0.743. The van der Waals surface area contributed by atoms with Crippen LogP contribution >= 0.6 is 11.8 Å². The average Bonchev–Trinajstić information content (AvgIpc) is 1.66. The molecule has 0 aliphatic carbocycles. The summed E-state index contributed by atoms with van der Waals surface area (Å²) < 4.78 is 0. The van der Waals surface area contributed by atoms with E-state index in [-0.39, 0.29) is 0 Å². The molecule has 0 aromatic heterocycles.